The molecule has 1 unspecified atom stereocenters. The molecule has 0 aliphatic carbocycles. The average molecular weight is 436 g/mol. The number of hydroxylamine groups is 2. The molecule has 12 heteroatoms. The van der Waals surface area contributed by atoms with Crippen LogP contribution in [0.2, 0.25) is 0 Å². The largest absolute Gasteiger partial charge is 0.435 e. The van der Waals surface area contributed by atoms with Gasteiger partial charge in [0, 0.05) is 23.8 Å². The number of imidazole rings is 1. The van der Waals surface area contributed by atoms with Crippen molar-refractivity contribution in [3.8, 4) is 5.75 Å². The average Bonchev–Trinajstić information content (AvgIpc) is 3.01. The summed E-state index contributed by atoms with van der Waals surface area (Å²) in [6.45, 7) is -1.42. The summed E-state index contributed by atoms with van der Waals surface area (Å²) in [5.74, 6) is -4.10. The second-order valence-corrected chi connectivity index (χ2v) is 6.77. The van der Waals surface area contributed by atoms with Gasteiger partial charge in [0.25, 0.3) is 0 Å². The predicted octanol–water partition coefficient (Wildman–Crippen LogP) is 3.06. The molecule has 8 nitrogen and oxygen atoms in total. The number of nitrogens with one attached hydrogen (secondary N) is 2. The smallest absolute Gasteiger partial charge is 0.387 e. The molecule has 1 aromatic heterocycles. The zero-order valence-corrected chi connectivity index (χ0v) is 15.9. The van der Waals surface area contributed by atoms with Gasteiger partial charge in [-0.2, -0.15) is 13.8 Å². The second-order valence-electron chi connectivity index (χ2n) is 6.77. The van der Waals surface area contributed by atoms with E-state index in [-0.39, 0.29) is 28.2 Å². The zero-order chi connectivity index (χ0) is 22.5. The Labute approximate surface area is 172 Å². The van der Waals surface area contributed by atoms with E-state index in [0.717, 1.165) is 12.1 Å². The van der Waals surface area contributed by atoms with E-state index in [0.29, 0.717) is 10.9 Å². The summed E-state index contributed by atoms with van der Waals surface area (Å²) in [6, 6.07) is 7.01. The van der Waals surface area contributed by atoms with E-state index in [4.69, 9.17) is 11.1 Å². The third-order valence-electron chi connectivity index (χ3n) is 4.78. The third-order valence-corrected chi connectivity index (χ3v) is 4.78. The minimum atomic E-state index is -3.01. The number of benzene rings is 2. The molecular weight excluding hydrogens is 420 g/mol. The van der Waals surface area contributed by atoms with Crippen LogP contribution < -0.4 is 15.8 Å². The molecule has 0 saturated heterocycles. The second kappa shape index (κ2) is 7.25. The fourth-order valence-corrected chi connectivity index (χ4v) is 3.37. The van der Waals surface area contributed by atoms with Crippen molar-refractivity contribution in [2.24, 2.45) is 5.73 Å². The lowest BCUT2D eigenvalue weighted by molar-refractivity contribution is -0.121. The van der Waals surface area contributed by atoms with Crippen molar-refractivity contribution in [1.82, 2.24) is 19.9 Å². The highest BCUT2D eigenvalue weighted by molar-refractivity contribution is 5.97. The molecule has 0 amide bonds. The Kier molecular flexibility index (Phi) is 4.82. The molecule has 2 aromatic carbocycles. The number of hydrogen-bond donors (Lipinski definition) is 4. The molecule has 1 aliphatic heterocycles. The first-order valence-corrected chi connectivity index (χ1v) is 8.86. The molecule has 2 heterocycles. The van der Waals surface area contributed by atoms with Crippen LogP contribution in [0, 0.1) is 24.0 Å². The lowest BCUT2D eigenvalue weighted by atomic mass is 10.1. The van der Waals surface area contributed by atoms with Crippen LogP contribution in [0.15, 0.2) is 42.5 Å². The van der Waals surface area contributed by atoms with Gasteiger partial charge in [0.05, 0.1) is 11.0 Å². The van der Waals surface area contributed by atoms with E-state index in [2.05, 4.69) is 15.0 Å². The summed E-state index contributed by atoms with van der Waals surface area (Å²) in [5, 5.41) is 21.8. The first-order valence-electron chi connectivity index (χ1n) is 8.86. The highest BCUT2D eigenvalue weighted by Crippen LogP contribution is 2.30. The molecular formula is C19H16F4N6O2. The minimum Gasteiger partial charge on any atom is -0.435 e. The number of aromatic nitrogens is 2. The molecule has 31 heavy (non-hydrogen) atoms. The van der Waals surface area contributed by atoms with E-state index in [1.54, 1.807) is 6.92 Å². The van der Waals surface area contributed by atoms with Gasteiger partial charge in [-0.3, -0.25) is 20.9 Å². The summed E-state index contributed by atoms with van der Waals surface area (Å²) in [4.78, 5) is 4.19. The standard InChI is InChI=1S/C19H16F4N6O2/c1-9-26-14-6-12(20)13(21)7-15(14)28(9)17-8-16(24)29(30)19(25,27-17)10-2-4-11(5-3-10)31-18(22)23/h2-8,18,24,27,30H,25H2,1H3. The van der Waals surface area contributed by atoms with E-state index in [1.165, 1.54) is 34.9 Å². The van der Waals surface area contributed by atoms with Crippen molar-refractivity contribution in [2.45, 2.75) is 19.3 Å². The quantitative estimate of drug-likeness (QED) is 0.468. The molecule has 162 valence electrons. The predicted molar refractivity (Wildman–Crippen MR) is 102 cm³/mol. The molecule has 0 radical (unpaired) electrons. The molecule has 0 spiro atoms. The number of hydrogen-bond acceptors (Lipinski definition) is 6. The van der Waals surface area contributed by atoms with E-state index in [9.17, 15) is 22.8 Å². The summed E-state index contributed by atoms with van der Waals surface area (Å²) in [7, 11) is 0. The number of alkyl halides is 2. The van der Waals surface area contributed by atoms with Gasteiger partial charge >= 0.3 is 6.61 Å². The Hall–Kier alpha value is -3.64. The lowest BCUT2D eigenvalue weighted by Crippen LogP contribution is -2.65. The number of aryl methyl sites for hydroxylation is 1. The summed E-state index contributed by atoms with van der Waals surface area (Å²) >= 11 is 0. The summed E-state index contributed by atoms with van der Waals surface area (Å²) < 4.78 is 57.9. The Morgan fingerprint density at radius 2 is 1.84 bits per heavy atom. The van der Waals surface area contributed by atoms with Crippen LogP contribution in [0.3, 0.4) is 0 Å². The molecule has 1 atom stereocenters. The van der Waals surface area contributed by atoms with Crippen molar-refractivity contribution in [3.63, 3.8) is 0 Å². The minimum absolute atomic E-state index is 0.123. The fraction of sp³-hybridized carbons (Fsp3) is 0.158. The monoisotopic (exact) mass is 436 g/mol. The van der Waals surface area contributed by atoms with Gasteiger partial charge in [-0.05, 0) is 31.2 Å². The van der Waals surface area contributed by atoms with E-state index >= 15 is 0 Å². The number of rotatable bonds is 4. The zero-order valence-electron chi connectivity index (χ0n) is 15.9. The maximum atomic E-state index is 13.9. The van der Waals surface area contributed by atoms with Crippen LogP contribution in [0.5, 0.6) is 5.75 Å². The van der Waals surface area contributed by atoms with Gasteiger partial charge in [-0.1, -0.05) is 0 Å². The van der Waals surface area contributed by atoms with Crippen molar-refractivity contribution in [1.29, 1.82) is 5.41 Å². The molecule has 1 aliphatic rings. The lowest BCUT2D eigenvalue weighted by Gasteiger charge is -2.42. The Bertz CT molecular complexity index is 1210. The first kappa shape index (κ1) is 20.6. The topological polar surface area (TPSA) is 112 Å². The first-order chi connectivity index (χ1) is 14.6. The summed E-state index contributed by atoms with van der Waals surface area (Å²) in [6.07, 6.45) is 1.22. The third kappa shape index (κ3) is 3.45. The number of nitrogens with two attached hydrogens (primary N) is 1. The van der Waals surface area contributed by atoms with Gasteiger partial charge < -0.3 is 10.1 Å². The number of halogens is 4. The Morgan fingerprint density at radius 3 is 2.48 bits per heavy atom. The molecule has 5 N–H and O–H groups in total. The van der Waals surface area contributed by atoms with Crippen LogP contribution in [-0.2, 0) is 5.79 Å². The maximum absolute atomic E-state index is 13.9. The maximum Gasteiger partial charge on any atom is 0.387 e. The Morgan fingerprint density at radius 1 is 1.19 bits per heavy atom. The highest BCUT2D eigenvalue weighted by Gasteiger charge is 2.40. The van der Waals surface area contributed by atoms with Gasteiger partial charge in [0.2, 0.25) is 5.79 Å². The SMILES string of the molecule is Cc1nc2cc(F)c(F)cc2n1C1=CC(=N)N(O)C(N)(c2ccc(OC(F)F)cc2)N1. The van der Waals surface area contributed by atoms with Gasteiger partial charge in [-0.15, -0.1) is 0 Å². The number of nitrogens with zero attached hydrogens (tertiary/aromatic N) is 3. The van der Waals surface area contributed by atoms with Gasteiger partial charge in [0.1, 0.15) is 17.4 Å². The number of amidine groups is 1. The number of ether oxygens (including phenoxy) is 1. The van der Waals surface area contributed by atoms with Crippen molar-refractivity contribution in [2.75, 3.05) is 0 Å². The van der Waals surface area contributed by atoms with Crippen LogP contribution in [0.4, 0.5) is 17.6 Å². The normalized spacial score (nSPS) is 19.0. The summed E-state index contributed by atoms with van der Waals surface area (Å²) in [5.41, 5.74) is 6.92. The van der Waals surface area contributed by atoms with Crippen molar-refractivity contribution >= 4 is 22.7 Å². The molecule has 3 aromatic rings. The molecule has 0 fully saturated rings. The fourth-order valence-electron chi connectivity index (χ4n) is 3.37. The van der Waals surface area contributed by atoms with E-state index < -0.39 is 29.9 Å². The highest BCUT2D eigenvalue weighted by atomic mass is 19.3. The van der Waals surface area contributed by atoms with Gasteiger partial charge in [0.15, 0.2) is 17.5 Å². The van der Waals surface area contributed by atoms with E-state index in [1.807, 2.05) is 0 Å². The van der Waals surface area contributed by atoms with Gasteiger partial charge in [-0.25, -0.2) is 13.8 Å². The molecule has 0 bridgehead atoms. The van der Waals surface area contributed by atoms with Crippen LogP contribution in [0.25, 0.3) is 16.9 Å². The van der Waals surface area contributed by atoms with Crippen LogP contribution in [-0.4, -0.2) is 32.3 Å². The molecule has 0 saturated carbocycles. The van der Waals surface area contributed by atoms with Crippen molar-refractivity contribution < 1.29 is 27.5 Å². The number of fused-ring (bicyclic) bond motifs is 1. The molecule has 4 rings (SSSR count). The Balaban J connectivity index is 1.78. The van der Waals surface area contributed by atoms with Crippen LogP contribution >= 0.6 is 0 Å². The van der Waals surface area contributed by atoms with Crippen LogP contribution in [0.1, 0.15) is 11.4 Å². The van der Waals surface area contributed by atoms with Crippen molar-refractivity contribution in [3.05, 3.63) is 65.5 Å².